The third kappa shape index (κ3) is 9.33. The molecule has 0 amide bonds. The molecule has 0 spiro atoms. The number of fused-ring (bicyclic) bond motifs is 1. The summed E-state index contributed by atoms with van der Waals surface area (Å²) in [7, 11) is 0. The van der Waals surface area contributed by atoms with Gasteiger partial charge in [0.2, 0.25) is 0 Å². The highest BCUT2D eigenvalue weighted by Gasteiger charge is 2.13. The molecular weight excluding hydrogens is 358 g/mol. The highest BCUT2D eigenvalue weighted by atomic mass is 16.7. The van der Waals surface area contributed by atoms with E-state index in [1.54, 1.807) is 0 Å². The van der Waals surface area contributed by atoms with Gasteiger partial charge in [0.25, 0.3) is 0 Å². The molecule has 0 heterocycles. The Kier molecular flexibility index (Phi) is 11.1. The molecule has 3 nitrogen and oxygen atoms in total. The fraction of sp³-hybridized carbons (Fsp3) is 0.423. The summed E-state index contributed by atoms with van der Waals surface area (Å²) in [4.78, 5) is 16.6. The summed E-state index contributed by atoms with van der Waals surface area (Å²) in [5, 5.41) is 2.29. The van der Waals surface area contributed by atoms with E-state index in [1.165, 1.54) is 44.9 Å². The number of hydrogen-bond acceptors (Lipinski definition) is 3. The van der Waals surface area contributed by atoms with Crippen molar-refractivity contribution in [1.82, 2.24) is 5.48 Å². The van der Waals surface area contributed by atoms with Crippen LogP contribution in [0, 0.1) is 23.7 Å². The number of nitrogens with one attached hydrogen (secondary N) is 1. The highest BCUT2D eigenvalue weighted by molar-refractivity contribution is 5.89. The maximum Gasteiger partial charge on any atom is 0.679 e. The van der Waals surface area contributed by atoms with E-state index in [1.807, 2.05) is 24.3 Å². The fourth-order valence-electron chi connectivity index (χ4n) is 3.19. The lowest BCUT2D eigenvalue weighted by molar-refractivity contribution is -0.144. The van der Waals surface area contributed by atoms with Gasteiger partial charge in [-0.15, -0.1) is 0 Å². The third-order valence-electron chi connectivity index (χ3n) is 4.78. The number of hydroxylamine groups is 1. The van der Waals surface area contributed by atoms with Crippen molar-refractivity contribution in [3.05, 3.63) is 48.0 Å². The standard InChI is InChI=1S/C26H31NO2/c1-2-3-4-5-6-7-8-9-10-11-12-13-21-26(28)29-27-22-24-19-16-18-23-17-14-15-20-25(23)24/h14-20,27H,2-10,22H2,1H3/q+1. The first kappa shape index (κ1) is 22.5. The second-order valence-corrected chi connectivity index (χ2v) is 7.13. The SMILES string of the molecule is CCCCCCCCCCC#CC#CC(=[O+])ONCc1cccc2ccccc12. The molecule has 3 heteroatoms. The molecule has 1 radical (unpaired) electrons. The topological polar surface area (TPSA) is 41.2 Å². The lowest BCUT2D eigenvalue weighted by Crippen LogP contribution is -2.18. The van der Waals surface area contributed by atoms with Crippen molar-refractivity contribution in [2.75, 3.05) is 0 Å². The molecular formula is C26H31NO2+. The fourth-order valence-corrected chi connectivity index (χ4v) is 3.19. The predicted octanol–water partition coefficient (Wildman–Crippen LogP) is 5.93. The van der Waals surface area contributed by atoms with Crippen LogP contribution in [0.4, 0.5) is 0 Å². The Morgan fingerprint density at radius 2 is 1.62 bits per heavy atom. The van der Waals surface area contributed by atoms with E-state index >= 15 is 0 Å². The van der Waals surface area contributed by atoms with Crippen LogP contribution in [0.5, 0.6) is 0 Å². The zero-order valence-corrected chi connectivity index (χ0v) is 17.4. The molecule has 0 saturated heterocycles. The molecule has 0 unspecified atom stereocenters. The largest absolute Gasteiger partial charge is 0.679 e. The number of rotatable bonds is 11. The van der Waals surface area contributed by atoms with Gasteiger partial charge in [-0.1, -0.05) is 100 Å². The first-order valence-corrected chi connectivity index (χ1v) is 10.7. The average molecular weight is 390 g/mol. The van der Waals surface area contributed by atoms with Gasteiger partial charge in [0.15, 0.2) is 0 Å². The van der Waals surface area contributed by atoms with Crippen molar-refractivity contribution in [1.29, 1.82) is 0 Å². The van der Waals surface area contributed by atoms with Crippen LogP contribution >= 0.6 is 0 Å². The maximum absolute atomic E-state index is 11.7. The van der Waals surface area contributed by atoms with Crippen molar-refractivity contribution in [2.45, 2.75) is 71.3 Å². The van der Waals surface area contributed by atoms with E-state index in [9.17, 15) is 4.79 Å². The number of carbonyl (C=O) groups is 1. The Balaban J connectivity index is 1.58. The van der Waals surface area contributed by atoms with Crippen LogP contribution < -0.4 is 5.48 Å². The van der Waals surface area contributed by atoms with Crippen LogP contribution in [-0.4, -0.2) is 5.97 Å². The molecule has 1 N–H and O–H groups in total. The normalized spacial score (nSPS) is 9.97. The summed E-state index contributed by atoms with van der Waals surface area (Å²) < 4.78 is 0. The summed E-state index contributed by atoms with van der Waals surface area (Å²) in [6.07, 6.45) is 11.1. The minimum atomic E-state index is -0.619. The quantitative estimate of drug-likeness (QED) is 0.224. The Morgan fingerprint density at radius 3 is 2.45 bits per heavy atom. The summed E-state index contributed by atoms with van der Waals surface area (Å²) in [5.41, 5.74) is 3.75. The molecule has 0 aliphatic rings. The van der Waals surface area contributed by atoms with Crippen molar-refractivity contribution in [2.24, 2.45) is 0 Å². The van der Waals surface area contributed by atoms with Crippen LogP contribution in [0.25, 0.3) is 10.8 Å². The molecule has 0 atom stereocenters. The van der Waals surface area contributed by atoms with Crippen LogP contribution in [0.3, 0.4) is 0 Å². The number of benzene rings is 2. The molecule has 2 aromatic rings. The van der Waals surface area contributed by atoms with Crippen LogP contribution in [0.2, 0.25) is 0 Å². The van der Waals surface area contributed by atoms with E-state index in [4.69, 9.17) is 4.84 Å². The van der Waals surface area contributed by atoms with Gasteiger partial charge >= 0.3 is 5.97 Å². The maximum atomic E-state index is 11.7. The molecule has 151 valence electrons. The number of hydrogen-bond donors (Lipinski definition) is 1. The highest BCUT2D eigenvalue weighted by Crippen LogP contribution is 2.18. The molecule has 0 fully saturated rings. The van der Waals surface area contributed by atoms with E-state index in [-0.39, 0.29) is 0 Å². The van der Waals surface area contributed by atoms with Crippen molar-refractivity contribution < 1.29 is 9.63 Å². The molecule has 29 heavy (non-hydrogen) atoms. The summed E-state index contributed by atoms with van der Waals surface area (Å²) in [5.74, 6) is 10.1. The van der Waals surface area contributed by atoms with Crippen LogP contribution in [0.15, 0.2) is 42.5 Å². The Morgan fingerprint density at radius 1 is 0.897 bits per heavy atom. The summed E-state index contributed by atoms with van der Waals surface area (Å²) in [6.45, 7) is 2.67. The molecule has 0 aromatic heterocycles. The van der Waals surface area contributed by atoms with Gasteiger partial charge in [-0.3, -0.25) is 0 Å². The molecule has 2 rings (SSSR count). The summed E-state index contributed by atoms with van der Waals surface area (Å²) in [6, 6.07) is 14.2. The third-order valence-corrected chi connectivity index (χ3v) is 4.78. The van der Waals surface area contributed by atoms with Gasteiger partial charge in [0.1, 0.15) is 5.92 Å². The zero-order chi connectivity index (χ0) is 20.6. The Bertz CT molecular complexity index is 875. The summed E-state index contributed by atoms with van der Waals surface area (Å²) >= 11 is 0. The first-order valence-electron chi connectivity index (χ1n) is 10.7. The zero-order valence-electron chi connectivity index (χ0n) is 17.4. The lowest BCUT2D eigenvalue weighted by atomic mass is 10.1. The van der Waals surface area contributed by atoms with E-state index in [0.29, 0.717) is 6.54 Å². The lowest BCUT2D eigenvalue weighted by Gasteiger charge is -2.03. The molecule has 0 aliphatic carbocycles. The van der Waals surface area contributed by atoms with Crippen LogP contribution in [-0.2, 0) is 16.2 Å². The van der Waals surface area contributed by atoms with E-state index in [0.717, 1.165) is 29.2 Å². The molecule has 0 aliphatic heterocycles. The Hall–Kier alpha value is -2.75. The van der Waals surface area contributed by atoms with Crippen molar-refractivity contribution in [3.8, 4) is 23.7 Å². The van der Waals surface area contributed by atoms with E-state index in [2.05, 4.69) is 54.3 Å². The smallest absolute Gasteiger partial charge is 0.188 e. The Labute approximate surface area is 175 Å². The molecule has 0 bridgehead atoms. The monoisotopic (exact) mass is 389 g/mol. The average Bonchev–Trinajstić information content (AvgIpc) is 2.74. The van der Waals surface area contributed by atoms with Crippen molar-refractivity contribution >= 4 is 16.7 Å². The predicted molar refractivity (Wildman–Crippen MR) is 120 cm³/mol. The van der Waals surface area contributed by atoms with Gasteiger partial charge < -0.3 is 0 Å². The molecule has 0 saturated carbocycles. The van der Waals surface area contributed by atoms with Gasteiger partial charge in [-0.2, -0.15) is 4.84 Å². The molecule has 2 aromatic carbocycles. The first-order chi connectivity index (χ1) is 14.3. The van der Waals surface area contributed by atoms with Gasteiger partial charge in [-0.25, -0.2) is 0 Å². The second kappa shape index (κ2) is 14.3. The number of carbonyl (C=O) groups excluding carboxylic acids is 1. The van der Waals surface area contributed by atoms with Crippen LogP contribution in [0.1, 0.15) is 70.3 Å². The van der Waals surface area contributed by atoms with Gasteiger partial charge in [0, 0.05) is 12.3 Å². The number of unbranched alkanes of at least 4 members (excludes halogenated alkanes) is 8. The minimum absolute atomic E-state index is 0.429. The minimum Gasteiger partial charge on any atom is -0.188 e. The second-order valence-electron chi connectivity index (χ2n) is 7.13. The van der Waals surface area contributed by atoms with E-state index < -0.39 is 5.97 Å². The van der Waals surface area contributed by atoms with Gasteiger partial charge in [0.05, 0.1) is 11.3 Å². The van der Waals surface area contributed by atoms with Gasteiger partial charge in [-0.05, 0) is 34.2 Å². The van der Waals surface area contributed by atoms with Crippen molar-refractivity contribution in [3.63, 3.8) is 0 Å².